The molecule has 0 radical (unpaired) electrons. The maximum Gasteiger partial charge on any atom is 0.251 e. The maximum atomic E-state index is 12.3. The summed E-state index contributed by atoms with van der Waals surface area (Å²) in [6.45, 7) is 0.670. The van der Waals surface area contributed by atoms with Gasteiger partial charge in [-0.25, -0.2) is 8.42 Å². The molecule has 0 aromatic heterocycles. The van der Waals surface area contributed by atoms with E-state index in [1.54, 1.807) is 12.1 Å². The highest BCUT2D eigenvalue weighted by Crippen LogP contribution is 2.34. The van der Waals surface area contributed by atoms with Gasteiger partial charge >= 0.3 is 0 Å². The number of allylic oxidation sites excluding steroid dienone is 1. The van der Waals surface area contributed by atoms with Crippen LogP contribution in [0.4, 0.5) is 5.69 Å². The zero-order valence-electron chi connectivity index (χ0n) is 15.7. The van der Waals surface area contributed by atoms with Crippen LogP contribution in [-0.4, -0.2) is 48.8 Å². The van der Waals surface area contributed by atoms with E-state index in [0.29, 0.717) is 12.1 Å². The SMILES string of the molecule is O=C(NCCC1=CCCCC1)c1ccc(NC2=N[C@@H]3CS(=O)(=O)C[C@@H]3S2)cc1. The first-order chi connectivity index (χ1) is 13.5. The number of hydrogen-bond acceptors (Lipinski definition) is 6. The molecule has 0 unspecified atom stereocenters. The highest BCUT2D eigenvalue weighted by atomic mass is 32.2. The van der Waals surface area contributed by atoms with Gasteiger partial charge in [-0.3, -0.25) is 9.79 Å². The second-order valence-corrected chi connectivity index (χ2v) is 10.9. The van der Waals surface area contributed by atoms with Crippen molar-refractivity contribution >= 4 is 38.4 Å². The van der Waals surface area contributed by atoms with Gasteiger partial charge in [-0.15, -0.1) is 0 Å². The minimum atomic E-state index is -2.94. The molecule has 150 valence electrons. The molecular weight excluding hydrogens is 394 g/mol. The Kier molecular flexibility index (Phi) is 5.78. The van der Waals surface area contributed by atoms with Crippen LogP contribution in [0.15, 0.2) is 40.9 Å². The quantitative estimate of drug-likeness (QED) is 0.717. The number of thioether (sulfide) groups is 1. The summed E-state index contributed by atoms with van der Waals surface area (Å²) in [6.07, 6.45) is 8.10. The molecule has 4 rings (SSSR count). The number of carbonyl (C=O) groups excluding carboxylic acids is 1. The molecule has 2 heterocycles. The number of benzene rings is 1. The molecule has 1 saturated heterocycles. The largest absolute Gasteiger partial charge is 0.352 e. The lowest BCUT2D eigenvalue weighted by molar-refractivity contribution is 0.0954. The fourth-order valence-electron chi connectivity index (χ4n) is 3.81. The van der Waals surface area contributed by atoms with Gasteiger partial charge in [0.05, 0.1) is 17.5 Å². The lowest BCUT2D eigenvalue weighted by Gasteiger charge is -2.13. The third-order valence-electron chi connectivity index (χ3n) is 5.33. The van der Waals surface area contributed by atoms with Crippen LogP contribution in [0.2, 0.25) is 0 Å². The Morgan fingerprint density at radius 1 is 1.18 bits per heavy atom. The van der Waals surface area contributed by atoms with Crippen molar-refractivity contribution in [1.82, 2.24) is 5.32 Å². The zero-order chi connectivity index (χ0) is 19.6. The zero-order valence-corrected chi connectivity index (χ0v) is 17.3. The molecule has 0 bridgehead atoms. The molecule has 0 spiro atoms. The number of sulfone groups is 1. The molecule has 1 aromatic carbocycles. The number of amides is 1. The number of fused-ring (bicyclic) bond motifs is 1. The summed E-state index contributed by atoms with van der Waals surface area (Å²) in [5.74, 6) is 0.286. The van der Waals surface area contributed by atoms with Gasteiger partial charge < -0.3 is 10.6 Å². The third kappa shape index (κ3) is 4.78. The molecule has 2 N–H and O–H groups in total. The summed E-state index contributed by atoms with van der Waals surface area (Å²) in [5, 5.41) is 6.99. The van der Waals surface area contributed by atoms with Crippen molar-refractivity contribution in [2.75, 3.05) is 23.4 Å². The van der Waals surface area contributed by atoms with E-state index in [9.17, 15) is 13.2 Å². The number of hydrogen-bond donors (Lipinski definition) is 2. The van der Waals surface area contributed by atoms with E-state index in [1.807, 2.05) is 12.1 Å². The van der Waals surface area contributed by atoms with Gasteiger partial charge in [0.1, 0.15) is 0 Å². The highest BCUT2D eigenvalue weighted by Gasteiger charge is 2.42. The Morgan fingerprint density at radius 3 is 2.71 bits per heavy atom. The normalized spacial score (nSPS) is 25.6. The Labute approximate surface area is 170 Å². The van der Waals surface area contributed by atoms with Crippen LogP contribution in [0.25, 0.3) is 0 Å². The highest BCUT2D eigenvalue weighted by molar-refractivity contribution is 8.15. The van der Waals surface area contributed by atoms with Crippen LogP contribution < -0.4 is 10.6 Å². The predicted molar refractivity (Wildman–Crippen MR) is 115 cm³/mol. The van der Waals surface area contributed by atoms with Gasteiger partial charge in [-0.1, -0.05) is 23.4 Å². The minimum Gasteiger partial charge on any atom is -0.352 e. The monoisotopic (exact) mass is 419 g/mol. The van der Waals surface area contributed by atoms with Gasteiger partial charge in [0, 0.05) is 23.0 Å². The molecule has 1 fully saturated rings. The summed E-state index contributed by atoms with van der Waals surface area (Å²) < 4.78 is 23.3. The number of carbonyl (C=O) groups is 1. The van der Waals surface area contributed by atoms with E-state index in [-0.39, 0.29) is 28.7 Å². The number of nitrogens with one attached hydrogen (secondary N) is 2. The van der Waals surface area contributed by atoms with Crippen LogP contribution in [0.3, 0.4) is 0 Å². The first-order valence-corrected chi connectivity index (χ1v) is 12.5. The molecule has 1 aliphatic carbocycles. The van der Waals surface area contributed by atoms with Crippen LogP contribution in [0.5, 0.6) is 0 Å². The molecule has 0 saturated carbocycles. The molecule has 28 heavy (non-hydrogen) atoms. The van der Waals surface area contributed by atoms with Crippen molar-refractivity contribution in [3.8, 4) is 0 Å². The van der Waals surface area contributed by atoms with Crippen molar-refractivity contribution < 1.29 is 13.2 Å². The molecule has 2 aliphatic heterocycles. The topological polar surface area (TPSA) is 87.6 Å². The van der Waals surface area contributed by atoms with Crippen LogP contribution >= 0.6 is 11.8 Å². The summed E-state index contributed by atoms with van der Waals surface area (Å²) in [4.78, 5) is 16.8. The molecule has 1 aromatic rings. The molecule has 8 heteroatoms. The molecule has 2 atom stereocenters. The summed E-state index contributed by atoms with van der Waals surface area (Å²) in [5.41, 5.74) is 2.93. The van der Waals surface area contributed by atoms with Gasteiger partial charge in [0.2, 0.25) is 0 Å². The molecule has 3 aliphatic rings. The Hall–Kier alpha value is -1.80. The van der Waals surface area contributed by atoms with Crippen LogP contribution in [0, 0.1) is 0 Å². The lowest BCUT2D eigenvalue weighted by Crippen LogP contribution is -2.24. The summed E-state index contributed by atoms with van der Waals surface area (Å²) in [6, 6.07) is 7.16. The van der Waals surface area contributed by atoms with Crippen LogP contribution in [0.1, 0.15) is 42.5 Å². The Bertz CT molecular complexity index is 907. The first-order valence-electron chi connectivity index (χ1n) is 9.77. The standard InChI is InChI=1S/C20H25N3O3S2/c24-19(21-11-10-14-4-2-1-3-5-14)15-6-8-16(9-7-15)22-20-23-17-12-28(25,26)13-18(17)27-20/h4,6-9,17-18H,1-3,5,10-13H2,(H,21,24)(H,22,23)/t17-,18+/m1/s1. The van der Waals surface area contributed by atoms with E-state index in [0.717, 1.165) is 23.7 Å². The number of aliphatic imine (C=N–C) groups is 1. The van der Waals surface area contributed by atoms with Gasteiger partial charge in [-0.05, 0) is 56.4 Å². The second kappa shape index (κ2) is 8.29. The van der Waals surface area contributed by atoms with Crippen molar-refractivity contribution in [3.63, 3.8) is 0 Å². The van der Waals surface area contributed by atoms with Crippen molar-refractivity contribution in [3.05, 3.63) is 41.5 Å². The molecule has 1 amide bonds. The van der Waals surface area contributed by atoms with Gasteiger partial charge in [-0.2, -0.15) is 0 Å². The average molecular weight is 420 g/mol. The number of rotatable bonds is 5. The van der Waals surface area contributed by atoms with Gasteiger partial charge in [0.25, 0.3) is 5.91 Å². The lowest BCUT2D eigenvalue weighted by atomic mass is 9.97. The second-order valence-electron chi connectivity index (χ2n) is 7.55. The maximum absolute atomic E-state index is 12.3. The van der Waals surface area contributed by atoms with E-state index < -0.39 is 9.84 Å². The summed E-state index contributed by atoms with van der Waals surface area (Å²) in [7, 11) is -2.94. The number of anilines is 1. The predicted octanol–water partition coefficient (Wildman–Crippen LogP) is 2.99. The van der Waals surface area contributed by atoms with E-state index in [1.165, 1.54) is 36.6 Å². The smallest absolute Gasteiger partial charge is 0.251 e. The van der Waals surface area contributed by atoms with E-state index >= 15 is 0 Å². The van der Waals surface area contributed by atoms with Crippen LogP contribution in [-0.2, 0) is 9.84 Å². The van der Waals surface area contributed by atoms with Crippen molar-refractivity contribution in [2.45, 2.75) is 43.4 Å². The number of nitrogens with zero attached hydrogens (tertiary/aromatic N) is 1. The fourth-order valence-corrected chi connectivity index (χ4v) is 7.49. The Morgan fingerprint density at radius 2 is 2.00 bits per heavy atom. The Balaban J connectivity index is 1.27. The van der Waals surface area contributed by atoms with Gasteiger partial charge in [0.15, 0.2) is 15.0 Å². The molecular formula is C20H25N3O3S2. The summed E-state index contributed by atoms with van der Waals surface area (Å²) >= 11 is 1.49. The van der Waals surface area contributed by atoms with E-state index in [4.69, 9.17) is 0 Å². The first kappa shape index (κ1) is 19.5. The molecule has 6 nitrogen and oxygen atoms in total. The van der Waals surface area contributed by atoms with Crippen molar-refractivity contribution in [2.24, 2.45) is 4.99 Å². The minimum absolute atomic E-state index is 0.0248. The fraction of sp³-hybridized carbons (Fsp3) is 0.500. The van der Waals surface area contributed by atoms with E-state index in [2.05, 4.69) is 21.7 Å². The average Bonchev–Trinajstić information content (AvgIpc) is 3.15. The van der Waals surface area contributed by atoms with Crippen molar-refractivity contribution in [1.29, 1.82) is 0 Å². The number of amidine groups is 1. The third-order valence-corrected chi connectivity index (χ3v) is 8.47.